The number of ether oxygens (including phenoxy) is 1. The summed E-state index contributed by atoms with van der Waals surface area (Å²) < 4.78 is 5.17. The highest BCUT2D eigenvalue weighted by atomic mass is 16.5. The predicted octanol–water partition coefficient (Wildman–Crippen LogP) is -1.67. The maximum Gasteiger partial charge on any atom is 0.268 e. The summed E-state index contributed by atoms with van der Waals surface area (Å²) in [7, 11) is 0. The smallest absolute Gasteiger partial charge is 0.268 e. The number of hydrogen-bond donors (Lipinski definition) is 4. The minimum atomic E-state index is -0.706. The van der Waals surface area contributed by atoms with E-state index in [9.17, 15) is 4.79 Å². The maximum absolute atomic E-state index is 10.7. The first-order valence-electron chi connectivity index (χ1n) is 4.50. The number of carbonyl (C=O) groups is 1. The zero-order valence-corrected chi connectivity index (χ0v) is 7.95. The lowest BCUT2D eigenvalue weighted by Crippen LogP contribution is -2.40. The van der Waals surface area contributed by atoms with Crippen molar-refractivity contribution in [2.45, 2.75) is 18.9 Å². The Kier molecular flexibility index (Phi) is 3.58. The largest absolute Gasteiger partial charge is 0.391 e. The number of hydrogen-bond acceptors (Lipinski definition) is 5. The van der Waals surface area contributed by atoms with Gasteiger partial charge in [0, 0.05) is 19.3 Å². The SMILES string of the molecule is NC(=O)/C(N)=C(\N)NC1CCOCC1. The molecule has 6 nitrogen and oxygen atoms in total. The van der Waals surface area contributed by atoms with Crippen LogP contribution >= 0.6 is 0 Å². The molecule has 1 aliphatic rings. The van der Waals surface area contributed by atoms with Gasteiger partial charge in [-0.05, 0) is 12.8 Å². The number of nitrogens with one attached hydrogen (secondary N) is 1. The summed E-state index contributed by atoms with van der Waals surface area (Å²) in [6.45, 7) is 1.39. The van der Waals surface area contributed by atoms with Crippen LogP contribution in [-0.4, -0.2) is 25.2 Å². The average molecular weight is 200 g/mol. The van der Waals surface area contributed by atoms with Crippen molar-refractivity contribution in [2.24, 2.45) is 17.2 Å². The fourth-order valence-electron chi connectivity index (χ4n) is 1.27. The van der Waals surface area contributed by atoms with Gasteiger partial charge >= 0.3 is 0 Å². The Morgan fingerprint density at radius 3 is 2.29 bits per heavy atom. The first-order chi connectivity index (χ1) is 6.61. The van der Waals surface area contributed by atoms with Gasteiger partial charge in [0.1, 0.15) is 11.5 Å². The third-order valence-electron chi connectivity index (χ3n) is 2.14. The Labute approximate surface area is 82.4 Å². The Hall–Kier alpha value is -1.43. The standard InChI is InChI=1S/C8H16N4O2/c9-6(8(11)13)7(10)12-5-1-3-14-4-2-5/h5,12H,1-4,9-10H2,(H2,11,13)/b7-6-. The van der Waals surface area contributed by atoms with Crippen molar-refractivity contribution in [3.63, 3.8) is 0 Å². The predicted molar refractivity (Wildman–Crippen MR) is 51.6 cm³/mol. The lowest BCUT2D eigenvalue weighted by molar-refractivity contribution is -0.114. The van der Waals surface area contributed by atoms with E-state index < -0.39 is 5.91 Å². The van der Waals surface area contributed by atoms with Crippen LogP contribution in [0.5, 0.6) is 0 Å². The molecular formula is C8H16N4O2. The van der Waals surface area contributed by atoms with Crippen molar-refractivity contribution in [1.82, 2.24) is 5.32 Å². The highest BCUT2D eigenvalue weighted by molar-refractivity contribution is 5.91. The highest BCUT2D eigenvalue weighted by Crippen LogP contribution is 2.07. The Morgan fingerprint density at radius 1 is 1.21 bits per heavy atom. The topological polar surface area (TPSA) is 116 Å². The lowest BCUT2D eigenvalue weighted by atomic mass is 10.1. The molecule has 0 aromatic carbocycles. The van der Waals surface area contributed by atoms with Gasteiger partial charge < -0.3 is 27.3 Å². The Morgan fingerprint density at radius 2 is 1.79 bits per heavy atom. The highest BCUT2D eigenvalue weighted by Gasteiger charge is 2.15. The summed E-state index contributed by atoms with van der Waals surface area (Å²) in [6.07, 6.45) is 1.71. The van der Waals surface area contributed by atoms with Gasteiger partial charge in [-0.15, -0.1) is 0 Å². The van der Waals surface area contributed by atoms with Crippen molar-refractivity contribution >= 4 is 5.91 Å². The molecule has 0 unspecified atom stereocenters. The molecule has 1 aliphatic heterocycles. The first kappa shape index (κ1) is 10.6. The first-order valence-corrected chi connectivity index (χ1v) is 4.50. The van der Waals surface area contributed by atoms with Crippen LogP contribution in [0.4, 0.5) is 0 Å². The summed E-state index contributed by atoms with van der Waals surface area (Å²) in [5, 5.41) is 2.95. The molecule has 0 spiro atoms. The van der Waals surface area contributed by atoms with Gasteiger partial charge in [0.25, 0.3) is 5.91 Å². The van der Waals surface area contributed by atoms with E-state index in [0.717, 1.165) is 12.8 Å². The van der Waals surface area contributed by atoms with Crippen LogP contribution < -0.4 is 22.5 Å². The number of primary amides is 1. The average Bonchev–Trinajstić information content (AvgIpc) is 2.18. The number of rotatable bonds is 3. The van der Waals surface area contributed by atoms with Gasteiger partial charge in [-0.3, -0.25) is 4.79 Å². The van der Waals surface area contributed by atoms with Crippen molar-refractivity contribution in [3.8, 4) is 0 Å². The zero-order valence-electron chi connectivity index (χ0n) is 7.95. The molecule has 80 valence electrons. The lowest BCUT2D eigenvalue weighted by Gasteiger charge is -2.24. The van der Waals surface area contributed by atoms with E-state index in [1.54, 1.807) is 0 Å². The summed E-state index contributed by atoms with van der Waals surface area (Å²) in [4.78, 5) is 10.7. The Bertz CT molecular complexity index is 246. The van der Waals surface area contributed by atoms with Gasteiger partial charge in [0.2, 0.25) is 0 Å². The summed E-state index contributed by atoms with van der Waals surface area (Å²) in [6, 6.07) is 0.210. The van der Waals surface area contributed by atoms with Crippen molar-refractivity contribution in [2.75, 3.05) is 13.2 Å². The van der Waals surface area contributed by atoms with E-state index in [0.29, 0.717) is 13.2 Å². The molecule has 1 fully saturated rings. The Balaban J connectivity index is 2.49. The van der Waals surface area contributed by atoms with Gasteiger partial charge in [0.15, 0.2) is 0 Å². The molecule has 1 amide bonds. The van der Waals surface area contributed by atoms with E-state index in [2.05, 4.69) is 5.32 Å². The molecule has 1 heterocycles. The van der Waals surface area contributed by atoms with E-state index in [-0.39, 0.29) is 17.6 Å². The molecule has 1 saturated heterocycles. The monoisotopic (exact) mass is 200 g/mol. The van der Waals surface area contributed by atoms with E-state index in [1.807, 2.05) is 0 Å². The molecule has 0 radical (unpaired) electrons. The zero-order chi connectivity index (χ0) is 10.6. The minimum Gasteiger partial charge on any atom is -0.391 e. The van der Waals surface area contributed by atoms with E-state index >= 15 is 0 Å². The van der Waals surface area contributed by atoms with Crippen LogP contribution in [0, 0.1) is 0 Å². The van der Waals surface area contributed by atoms with Crippen LogP contribution in [0.2, 0.25) is 0 Å². The van der Waals surface area contributed by atoms with Crippen LogP contribution in [0.25, 0.3) is 0 Å². The molecule has 14 heavy (non-hydrogen) atoms. The summed E-state index contributed by atoms with van der Waals surface area (Å²) in [5.74, 6) is -0.550. The molecular weight excluding hydrogens is 184 g/mol. The van der Waals surface area contributed by atoms with Crippen molar-refractivity contribution in [1.29, 1.82) is 0 Å². The second-order valence-electron chi connectivity index (χ2n) is 3.22. The number of nitrogens with two attached hydrogens (primary N) is 3. The molecule has 0 bridgehead atoms. The van der Waals surface area contributed by atoms with Crippen LogP contribution in [0.15, 0.2) is 11.5 Å². The van der Waals surface area contributed by atoms with Gasteiger partial charge in [0.05, 0.1) is 0 Å². The fraction of sp³-hybridized carbons (Fsp3) is 0.625. The van der Waals surface area contributed by atoms with Crippen molar-refractivity contribution in [3.05, 3.63) is 11.5 Å². The third kappa shape index (κ3) is 2.81. The molecule has 0 aromatic rings. The molecule has 0 aliphatic carbocycles. The van der Waals surface area contributed by atoms with Crippen LogP contribution in [0.3, 0.4) is 0 Å². The number of amides is 1. The van der Waals surface area contributed by atoms with E-state index in [1.165, 1.54) is 0 Å². The third-order valence-corrected chi connectivity index (χ3v) is 2.14. The molecule has 7 N–H and O–H groups in total. The fourth-order valence-corrected chi connectivity index (χ4v) is 1.27. The summed E-state index contributed by atoms with van der Waals surface area (Å²) in [5.41, 5.74) is 15.8. The molecule has 0 atom stereocenters. The van der Waals surface area contributed by atoms with Crippen LogP contribution in [0.1, 0.15) is 12.8 Å². The van der Waals surface area contributed by atoms with Crippen LogP contribution in [-0.2, 0) is 9.53 Å². The normalized spacial score (nSPS) is 20.0. The van der Waals surface area contributed by atoms with Crippen molar-refractivity contribution < 1.29 is 9.53 Å². The second kappa shape index (κ2) is 4.71. The molecule has 0 aromatic heterocycles. The molecule has 0 saturated carbocycles. The second-order valence-corrected chi connectivity index (χ2v) is 3.22. The number of carbonyl (C=O) groups excluding carboxylic acids is 1. The van der Waals surface area contributed by atoms with Gasteiger partial charge in [-0.25, -0.2) is 0 Å². The van der Waals surface area contributed by atoms with E-state index in [4.69, 9.17) is 21.9 Å². The van der Waals surface area contributed by atoms with Gasteiger partial charge in [-0.1, -0.05) is 0 Å². The maximum atomic E-state index is 10.7. The quantitative estimate of drug-likeness (QED) is 0.406. The van der Waals surface area contributed by atoms with Gasteiger partial charge in [-0.2, -0.15) is 0 Å². The summed E-state index contributed by atoms with van der Waals surface area (Å²) >= 11 is 0. The molecule has 1 rings (SSSR count). The minimum absolute atomic E-state index is 0.114. The molecule has 6 heteroatoms.